The molecule has 1 heterocycles. The van der Waals surface area contributed by atoms with Crippen LogP contribution < -0.4 is 5.32 Å². The van der Waals surface area contributed by atoms with E-state index >= 15 is 0 Å². The van der Waals surface area contributed by atoms with Gasteiger partial charge < -0.3 is 10.1 Å². The van der Waals surface area contributed by atoms with Crippen molar-refractivity contribution in [3.63, 3.8) is 0 Å². The van der Waals surface area contributed by atoms with Gasteiger partial charge in [0.15, 0.2) is 0 Å². The van der Waals surface area contributed by atoms with Crippen molar-refractivity contribution >= 4 is 0 Å². The van der Waals surface area contributed by atoms with E-state index in [1.807, 2.05) is 0 Å². The topological polar surface area (TPSA) is 21.3 Å². The van der Waals surface area contributed by atoms with Gasteiger partial charge in [-0.3, -0.25) is 0 Å². The molecule has 0 amide bonds. The van der Waals surface area contributed by atoms with Crippen LogP contribution in [0.25, 0.3) is 0 Å². The molecule has 0 bridgehead atoms. The maximum Gasteiger partial charge on any atom is 0.0725 e. The first-order valence-electron chi connectivity index (χ1n) is 6.81. The summed E-state index contributed by atoms with van der Waals surface area (Å²) in [6.07, 6.45) is 3.97. The number of benzene rings is 1. The van der Waals surface area contributed by atoms with E-state index < -0.39 is 0 Å². The van der Waals surface area contributed by atoms with E-state index in [2.05, 4.69) is 30.4 Å². The second-order valence-electron chi connectivity index (χ2n) is 5.29. The van der Waals surface area contributed by atoms with Gasteiger partial charge in [0.25, 0.3) is 0 Å². The molecule has 1 unspecified atom stereocenters. The van der Waals surface area contributed by atoms with Crippen LogP contribution >= 0.6 is 0 Å². The van der Waals surface area contributed by atoms with Gasteiger partial charge in [-0.25, -0.2) is 0 Å². The number of rotatable bonds is 5. The lowest BCUT2D eigenvalue weighted by Crippen LogP contribution is -2.23. The highest BCUT2D eigenvalue weighted by atomic mass is 16.5. The quantitative estimate of drug-likeness (QED) is 0.840. The normalized spacial score (nSPS) is 20.3. The van der Waals surface area contributed by atoms with Crippen LogP contribution in [0.3, 0.4) is 0 Å². The molecule has 2 heteroatoms. The molecule has 1 fully saturated rings. The predicted molar refractivity (Wildman–Crippen MR) is 68.7 cm³/mol. The first kappa shape index (κ1) is 11.2. The van der Waals surface area contributed by atoms with Gasteiger partial charge in [-0.1, -0.05) is 25.1 Å². The lowest BCUT2D eigenvalue weighted by atomic mass is 9.98. The van der Waals surface area contributed by atoms with Crippen LogP contribution in [0.1, 0.15) is 48.9 Å². The van der Waals surface area contributed by atoms with Gasteiger partial charge in [-0.05, 0) is 48.4 Å². The van der Waals surface area contributed by atoms with Crippen LogP contribution in [0.2, 0.25) is 0 Å². The fraction of sp³-hybridized carbons (Fsp3) is 0.600. The molecule has 17 heavy (non-hydrogen) atoms. The summed E-state index contributed by atoms with van der Waals surface area (Å²) in [6, 6.07) is 7.47. The molecule has 0 radical (unpaired) electrons. The van der Waals surface area contributed by atoms with Crippen molar-refractivity contribution in [2.75, 3.05) is 6.54 Å². The van der Waals surface area contributed by atoms with Gasteiger partial charge in [0.2, 0.25) is 0 Å². The van der Waals surface area contributed by atoms with Crippen molar-refractivity contribution in [3.8, 4) is 0 Å². The Labute approximate surface area is 103 Å². The molecule has 3 rings (SSSR count). The van der Waals surface area contributed by atoms with Crippen molar-refractivity contribution in [3.05, 3.63) is 34.9 Å². The fourth-order valence-electron chi connectivity index (χ4n) is 2.67. The number of hydrogen-bond donors (Lipinski definition) is 1. The number of hydrogen-bond acceptors (Lipinski definition) is 2. The molecule has 1 aliphatic carbocycles. The van der Waals surface area contributed by atoms with Crippen molar-refractivity contribution < 1.29 is 4.74 Å². The predicted octanol–water partition coefficient (Wildman–Crippen LogP) is 3.17. The van der Waals surface area contributed by atoms with Gasteiger partial charge >= 0.3 is 0 Å². The highest BCUT2D eigenvalue weighted by Gasteiger charge is 2.32. The average Bonchev–Trinajstić information content (AvgIpc) is 3.07. The van der Waals surface area contributed by atoms with Crippen molar-refractivity contribution in [2.24, 2.45) is 5.92 Å². The first-order chi connectivity index (χ1) is 8.38. The van der Waals surface area contributed by atoms with E-state index in [9.17, 15) is 0 Å². The van der Waals surface area contributed by atoms with Gasteiger partial charge in [0.1, 0.15) is 0 Å². The summed E-state index contributed by atoms with van der Waals surface area (Å²) in [4.78, 5) is 0. The summed E-state index contributed by atoms with van der Waals surface area (Å²) in [7, 11) is 0. The molecule has 1 N–H and O–H groups in total. The SMILES string of the molecule is CCCNC(c1ccc2c(c1)COC2)C1CC1. The Bertz CT molecular complexity index is 398. The van der Waals surface area contributed by atoms with Crippen LogP contribution in [0.15, 0.2) is 18.2 Å². The summed E-state index contributed by atoms with van der Waals surface area (Å²) in [5, 5.41) is 3.70. The summed E-state index contributed by atoms with van der Waals surface area (Å²) in [6.45, 7) is 4.95. The van der Waals surface area contributed by atoms with Crippen LogP contribution in [0.4, 0.5) is 0 Å². The van der Waals surface area contributed by atoms with Crippen LogP contribution in [-0.2, 0) is 18.0 Å². The molecular formula is C15H21NO. The fourth-order valence-corrected chi connectivity index (χ4v) is 2.67. The summed E-state index contributed by atoms with van der Waals surface area (Å²) < 4.78 is 5.49. The van der Waals surface area contributed by atoms with Crippen molar-refractivity contribution in [1.29, 1.82) is 0 Å². The van der Waals surface area contributed by atoms with E-state index in [-0.39, 0.29) is 0 Å². The number of ether oxygens (including phenoxy) is 1. The number of fused-ring (bicyclic) bond motifs is 1. The molecule has 1 aromatic rings. The van der Waals surface area contributed by atoms with E-state index in [4.69, 9.17) is 4.74 Å². The summed E-state index contributed by atoms with van der Waals surface area (Å²) in [5.41, 5.74) is 4.23. The zero-order valence-corrected chi connectivity index (χ0v) is 10.5. The van der Waals surface area contributed by atoms with Crippen molar-refractivity contribution in [2.45, 2.75) is 45.4 Å². The Hall–Kier alpha value is -0.860. The Kier molecular flexibility index (Phi) is 3.17. The summed E-state index contributed by atoms with van der Waals surface area (Å²) in [5.74, 6) is 0.863. The average molecular weight is 231 g/mol. The maximum atomic E-state index is 5.49. The minimum Gasteiger partial charge on any atom is -0.372 e. The van der Waals surface area contributed by atoms with E-state index in [1.54, 1.807) is 0 Å². The molecule has 92 valence electrons. The highest BCUT2D eigenvalue weighted by molar-refractivity contribution is 5.35. The van der Waals surface area contributed by atoms with Gasteiger partial charge in [-0.2, -0.15) is 0 Å². The Morgan fingerprint density at radius 3 is 2.88 bits per heavy atom. The van der Waals surface area contributed by atoms with E-state index in [0.717, 1.165) is 25.7 Å². The smallest absolute Gasteiger partial charge is 0.0725 e. The molecule has 1 atom stereocenters. The highest BCUT2D eigenvalue weighted by Crippen LogP contribution is 2.41. The number of nitrogens with one attached hydrogen (secondary N) is 1. The standard InChI is InChI=1S/C15H21NO/c1-2-7-16-15(11-3-4-11)12-5-6-13-9-17-10-14(13)8-12/h5-6,8,11,15-16H,2-4,7,9-10H2,1H3. The molecule has 0 aromatic heterocycles. The third-order valence-electron chi connectivity index (χ3n) is 3.81. The van der Waals surface area contributed by atoms with Crippen LogP contribution in [0, 0.1) is 5.92 Å². The molecule has 1 aromatic carbocycles. The summed E-state index contributed by atoms with van der Waals surface area (Å²) >= 11 is 0. The zero-order valence-electron chi connectivity index (χ0n) is 10.5. The van der Waals surface area contributed by atoms with Gasteiger partial charge in [0, 0.05) is 6.04 Å². The molecule has 1 saturated carbocycles. The zero-order chi connectivity index (χ0) is 11.7. The third-order valence-corrected chi connectivity index (χ3v) is 3.81. The van der Waals surface area contributed by atoms with Crippen LogP contribution in [0.5, 0.6) is 0 Å². The Morgan fingerprint density at radius 1 is 1.29 bits per heavy atom. The molecule has 0 saturated heterocycles. The molecule has 2 aliphatic rings. The molecule has 1 aliphatic heterocycles. The molecular weight excluding hydrogens is 210 g/mol. The van der Waals surface area contributed by atoms with E-state index in [1.165, 1.54) is 36.0 Å². The Balaban J connectivity index is 1.80. The van der Waals surface area contributed by atoms with E-state index in [0.29, 0.717) is 6.04 Å². The lowest BCUT2D eigenvalue weighted by Gasteiger charge is -2.19. The second kappa shape index (κ2) is 4.79. The van der Waals surface area contributed by atoms with Crippen LogP contribution in [-0.4, -0.2) is 6.54 Å². The first-order valence-corrected chi connectivity index (χ1v) is 6.81. The molecule has 2 nitrogen and oxygen atoms in total. The van der Waals surface area contributed by atoms with Gasteiger partial charge in [0.05, 0.1) is 13.2 Å². The second-order valence-corrected chi connectivity index (χ2v) is 5.29. The minimum absolute atomic E-state index is 0.570. The van der Waals surface area contributed by atoms with Crippen molar-refractivity contribution in [1.82, 2.24) is 5.32 Å². The van der Waals surface area contributed by atoms with Gasteiger partial charge in [-0.15, -0.1) is 0 Å². The maximum absolute atomic E-state index is 5.49. The monoisotopic (exact) mass is 231 g/mol. The Morgan fingerprint density at radius 2 is 2.12 bits per heavy atom. The molecule has 0 spiro atoms. The largest absolute Gasteiger partial charge is 0.372 e. The lowest BCUT2D eigenvalue weighted by molar-refractivity contribution is 0.134. The minimum atomic E-state index is 0.570. The third kappa shape index (κ3) is 2.38.